The minimum absolute atomic E-state index is 0.162. The standard InChI is InChI=1S/C10H9N3OS/c14-10(13-8-6-11-12-7-8)4-3-9-2-1-5-15-9/h1-7H,(H,11,12)(H,13,14)/b4-3+. The van der Waals surface area contributed by atoms with Crippen LogP contribution >= 0.6 is 11.3 Å². The van der Waals surface area contributed by atoms with Gasteiger partial charge in [-0.3, -0.25) is 9.89 Å². The average Bonchev–Trinajstić information content (AvgIpc) is 2.86. The summed E-state index contributed by atoms with van der Waals surface area (Å²) in [5.74, 6) is -0.162. The molecular weight excluding hydrogens is 210 g/mol. The van der Waals surface area contributed by atoms with Crippen molar-refractivity contribution in [3.8, 4) is 0 Å². The molecule has 0 unspecified atom stereocenters. The molecule has 15 heavy (non-hydrogen) atoms. The quantitative estimate of drug-likeness (QED) is 0.777. The normalized spacial score (nSPS) is 10.7. The van der Waals surface area contributed by atoms with Gasteiger partial charge in [0.2, 0.25) is 5.91 Å². The fourth-order valence-electron chi connectivity index (χ4n) is 1.05. The van der Waals surface area contributed by atoms with Gasteiger partial charge in [-0.2, -0.15) is 5.10 Å². The number of rotatable bonds is 3. The minimum Gasteiger partial charge on any atom is -0.320 e. The first-order valence-corrected chi connectivity index (χ1v) is 5.24. The van der Waals surface area contributed by atoms with Crippen molar-refractivity contribution >= 4 is 29.0 Å². The molecule has 1 amide bonds. The number of nitrogens with one attached hydrogen (secondary N) is 2. The summed E-state index contributed by atoms with van der Waals surface area (Å²) in [6.45, 7) is 0. The van der Waals surface area contributed by atoms with Gasteiger partial charge < -0.3 is 5.32 Å². The smallest absolute Gasteiger partial charge is 0.248 e. The Bertz CT molecular complexity index is 445. The molecule has 0 saturated heterocycles. The van der Waals surface area contributed by atoms with Gasteiger partial charge in [0, 0.05) is 17.2 Å². The number of thiophene rings is 1. The van der Waals surface area contributed by atoms with Crippen LogP contribution in [0.2, 0.25) is 0 Å². The van der Waals surface area contributed by atoms with Gasteiger partial charge in [0.05, 0.1) is 11.9 Å². The number of hydrogen-bond acceptors (Lipinski definition) is 3. The highest BCUT2D eigenvalue weighted by molar-refractivity contribution is 7.10. The van der Waals surface area contributed by atoms with Crippen LogP contribution in [0.1, 0.15) is 4.88 Å². The average molecular weight is 219 g/mol. The van der Waals surface area contributed by atoms with Gasteiger partial charge >= 0.3 is 0 Å². The number of hydrogen-bond donors (Lipinski definition) is 2. The Morgan fingerprint density at radius 1 is 1.60 bits per heavy atom. The lowest BCUT2D eigenvalue weighted by atomic mass is 10.4. The second kappa shape index (κ2) is 4.56. The van der Waals surface area contributed by atoms with Crippen molar-refractivity contribution < 1.29 is 4.79 Å². The van der Waals surface area contributed by atoms with Gasteiger partial charge in [0.1, 0.15) is 0 Å². The largest absolute Gasteiger partial charge is 0.320 e. The third-order valence-corrected chi connectivity index (χ3v) is 2.55. The summed E-state index contributed by atoms with van der Waals surface area (Å²) >= 11 is 1.59. The fourth-order valence-corrected chi connectivity index (χ4v) is 1.67. The van der Waals surface area contributed by atoms with Gasteiger partial charge in [-0.1, -0.05) is 6.07 Å². The van der Waals surface area contributed by atoms with E-state index in [9.17, 15) is 4.79 Å². The number of carbonyl (C=O) groups is 1. The van der Waals surface area contributed by atoms with Crippen LogP contribution < -0.4 is 5.32 Å². The SMILES string of the molecule is O=C(/C=C/c1cccs1)Nc1cn[nH]c1. The lowest BCUT2D eigenvalue weighted by molar-refractivity contribution is -0.111. The lowest BCUT2D eigenvalue weighted by Crippen LogP contribution is -2.06. The van der Waals surface area contributed by atoms with E-state index in [4.69, 9.17) is 0 Å². The Kier molecular flexibility index (Phi) is 2.94. The second-order valence-electron chi connectivity index (χ2n) is 2.82. The molecule has 0 radical (unpaired) electrons. The van der Waals surface area contributed by atoms with E-state index in [0.29, 0.717) is 5.69 Å². The molecule has 2 aromatic rings. The predicted molar refractivity (Wildman–Crippen MR) is 60.6 cm³/mol. The number of aromatic amines is 1. The molecule has 4 nitrogen and oxygen atoms in total. The zero-order valence-corrected chi connectivity index (χ0v) is 8.62. The molecule has 76 valence electrons. The Morgan fingerprint density at radius 2 is 2.53 bits per heavy atom. The van der Waals surface area contributed by atoms with Crippen molar-refractivity contribution in [1.82, 2.24) is 10.2 Å². The first kappa shape index (κ1) is 9.67. The highest BCUT2D eigenvalue weighted by Crippen LogP contribution is 2.10. The maximum Gasteiger partial charge on any atom is 0.248 e. The summed E-state index contributed by atoms with van der Waals surface area (Å²) < 4.78 is 0. The fraction of sp³-hybridized carbons (Fsp3) is 0. The second-order valence-corrected chi connectivity index (χ2v) is 3.80. The monoisotopic (exact) mass is 219 g/mol. The van der Waals surface area contributed by atoms with Gasteiger partial charge in [-0.05, 0) is 17.5 Å². The Morgan fingerprint density at radius 3 is 3.20 bits per heavy atom. The highest BCUT2D eigenvalue weighted by Gasteiger charge is 1.97. The van der Waals surface area contributed by atoms with E-state index in [2.05, 4.69) is 15.5 Å². The van der Waals surface area contributed by atoms with E-state index < -0.39 is 0 Å². The number of anilines is 1. The van der Waals surface area contributed by atoms with E-state index in [0.717, 1.165) is 4.88 Å². The summed E-state index contributed by atoms with van der Waals surface area (Å²) in [6, 6.07) is 3.89. The van der Waals surface area contributed by atoms with Crippen LogP contribution in [0, 0.1) is 0 Å². The summed E-state index contributed by atoms with van der Waals surface area (Å²) in [6.07, 6.45) is 6.45. The molecule has 0 spiro atoms. The molecule has 0 aliphatic heterocycles. The lowest BCUT2D eigenvalue weighted by Gasteiger charge is -1.94. The van der Waals surface area contributed by atoms with E-state index in [1.165, 1.54) is 6.08 Å². The highest BCUT2D eigenvalue weighted by atomic mass is 32.1. The Hall–Kier alpha value is -1.88. The molecule has 2 heterocycles. The molecule has 0 aliphatic carbocycles. The van der Waals surface area contributed by atoms with Crippen molar-refractivity contribution in [3.63, 3.8) is 0 Å². The van der Waals surface area contributed by atoms with E-state index in [-0.39, 0.29) is 5.91 Å². The summed E-state index contributed by atoms with van der Waals surface area (Å²) in [5, 5.41) is 11.0. The van der Waals surface area contributed by atoms with Crippen LogP contribution in [-0.4, -0.2) is 16.1 Å². The first-order valence-electron chi connectivity index (χ1n) is 4.36. The molecule has 0 fully saturated rings. The molecule has 0 atom stereocenters. The Labute approximate surface area is 90.6 Å². The van der Waals surface area contributed by atoms with Gasteiger partial charge in [0.15, 0.2) is 0 Å². The summed E-state index contributed by atoms with van der Waals surface area (Å²) in [4.78, 5) is 12.4. The van der Waals surface area contributed by atoms with Crippen LogP contribution in [0.15, 0.2) is 36.0 Å². The maximum atomic E-state index is 11.4. The van der Waals surface area contributed by atoms with Crippen LogP contribution in [0.25, 0.3) is 6.08 Å². The third-order valence-electron chi connectivity index (χ3n) is 1.71. The minimum atomic E-state index is -0.162. The van der Waals surface area contributed by atoms with Crippen molar-refractivity contribution in [2.24, 2.45) is 0 Å². The van der Waals surface area contributed by atoms with Crippen molar-refractivity contribution in [2.45, 2.75) is 0 Å². The molecular formula is C10H9N3OS. The molecule has 0 bridgehead atoms. The topological polar surface area (TPSA) is 57.8 Å². The predicted octanol–water partition coefficient (Wildman–Crippen LogP) is 2.12. The van der Waals surface area contributed by atoms with Crippen LogP contribution in [0.4, 0.5) is 5.69 Å². The Balaban J connectivity index is 1.93. The number of aromatic nitrogens is 2. The molecule has 2 N–H and O–H groups in total. The summed E-state index contributed by atoms with van der Waals surface area (Å²) in [5.41, 5.74) is 0.663. The molecule has 0 aromatic carbocycles. The summed E-state index contributed by atoms with van der Waals surface area (Å²) in [7, 11) is 0. The number of H-pyrrole nitrogens is 1. The third kappa shape index (κ3) is 2.78. The number of amides is 1. The maximum absolute atomic E-state index is 11.4. The zero-order valence-electron chi connectivity index (χ0n) is 7.81. The molecule has 0 aliphatic rings. The van der Waals surface area contributed by atoms with Crippen molar-refractivity contribution in [1.29, 1.82) is 0 Å². The van der Waals surface area contributed by atoms with Gasteiger partial charge in [-0.25, -0.2) is 0 Å². The first-order chi connectivity index (χ1) is 7.34. The van der Waals surface area contributed by atoms with Crippen LogP contribution in [0.5, 0.6) is 0 Å². The zero-order chi connectivity index (χ0) is 10.5. The van der Waals surface area contributed by atoms with Crippen molar-refractivity contribution in [3.05, 3.63) is 40.9 Å². The molecule has 2 rings (SSSR count). The number of nitrogens with zero attached hydrogens (tertiary/aromatic N) is 1. The van der Waals surface area contributed by atoms with E-state index in [1.807, 2.05) is 17.5 Å². The van der Waals surface area contributed by atoms with Crippen molar-refractivity contribution in [2.75, 3.05) is 5.32 Å². The molecule has 2 aromatic heterocycles. The van der Waals surface area contributed by atoms with Crippen LogP contribution in [-0.2, 0) is 4.79 Å². The van der Waals surface area contributed by atoms with E-state index >= 15 is 0 Å². The molecule has 0 saturated carbocycles. The molecule has 5 heteroatoms. The van der Waals surface area contributed by atoms with E-state index in [1.54, 1.807) is 29.8 Å². The van der Waals surface area contributed by atoms with Gasteiger partial charge in [-0.15, -0.1) is 11.3 Å². The van der Waals surface area contributed by atoms with Gasteiger partial charge in [0.25, 0.3) is 0 Å². The number of carbonyl (C=O) groups excluding carboxylic acids is 1. The van der Waals surface area contributed by atoms with Crippen LogP contribution in [0.3, 0.4) is 0 Å².